The molecule has 3 rings (SSSR count). The summed E-state index contributed by atoms with van der Waals surface area (Å²) in [5.41, 5.74) is 0.246. The standard InChI is InChI=1S/C22H27N3O9/c1-31-13-18(27)23-7-8-32-9-10-33-11-12-34-16-4-2-3-14-19(16)22(30)25(21(14)29)15-5-6-17(26)24-20(15)28/h2-4,15H,5-13H2,1H3,(H,23,27)(H,24,26,28). The third-order valence-electron chi connectivity index (χ3n) is 5.13. The predicted octanol–water partition coefficient (Wildman–Crippen LogP) is -0.738. The molecule has 5 amide bonds. The largest absolute Gasteiger partial charge is 0.490 e. The zero-order valence-electron chi connectivity index (χ0n) is 18.8. The summed E-state index contributed by atoms with van der Waals surface area (Å²) in [7, 11) is 1.44. The predicted molar refractivity (Wildman–Crippen MR) is 115 cm³/mol. The molecule has 1 atom stereocenters. The Balaban J connectivity index is 1.42. The number of amides is 5. The van der Waals surface area contributed by atoms with Gasteiger partial charge in [0.2, 0.25) is 17.7 Å². The molecule has 1 aromatic carbocycles. The minimum Gasteiger partial charge on any atom is -0.490 e. The van der Waals surface area contributed by atoms with Crippen molar-refractivity contribution in [1.82, 2.24) is 15.5 Å². The average Bonchev–Trinajstić information content (AvgIpc) is 3.06. The highest BCUT2D eigenvalue weighted by molar-refractivity contribution is 6.24. The zero-order valence-corrected chi connectivity index (χ0v) is 18.8. The van der Waals surface area contributed by atoms with Gasteiger partial charge >= 0.3 is 0 Å². The van der Waals surface area contributed by atoms with Crippen molar-refractivity contribution in [3.05, 3.63) is 29.3 Å². The number of nitrogens with zero attached hydrogens (tertiary/aromatic N) is 1. The SMILES string of the molecule is COCC(=O)NCCOCCOCCOc1cccc2c1C(=O)N(C1CCC(=O)NC1=O)C2=O. The number of rotatable bonds is 13. The number of hydrogen-bond acceptors (Lipinski definition) is 9. The van der Waals surface area contributed by atoms with Gasteiger partial charge in [0.05, 0.1) is 37.6 Å². The molecular weight excluding hydrogens is 450 g/mol. The van der Waals surface area contributed by atoms with Crippen LogP contribution in [0.2, 0.25) is 0 Å². The highest BCUT2D eigenvalue weighted by atomic mass is 16.5. The number of hydrogen-bond donors (Lipinski definition) is 2. The van der Waals surface area contributed by atoms with E-state index in [9.17, 15) is 24.0 Å². The Kier molecular flexibility index (Phi) is 9.08. The number of fused-ring (bicyclic) bond motifs is 1. The van der Waals surface area contributed by atoms with Gasteiger partial charge in [-0.3, -0.25) is 34.2 Å². The third kappa shape index (κ3) is 6.16. The van der Waals surface area contributed by atoms with E-state index in [0.29, 0.717) is 26.4 Å². The number of benzene rings is 1. The quantitative estimate of drug-likeness (QED) is 0.277. The summed E-state index contributed by atoms with van der Waals surface area (Å²) < 4.78 is 21.1. The van der Waals surface area contributed by atoms with Crippen molar-refractivity contribution in [2.24, 2.45) is 0 Å². The van der Waals surface area contributed by atoms with Gasteiger partial charge in [-0.25, -0.2) is 0 Å². The molecule has 0 radical (unpaired) electrons. The van der Waals surface area contributed by atoms with Crippen LogP contribution in [0.3, 0.4) is 0 Å². The molecule has 0 aromatic heterocycles. The number of carbonyl (C=O) groups is 5. The second-order valence-corrected chi connectivity index (χ2v) is 7.48. The van der Waals surface area contributed by atoms with Crippen molar-refractivity contribution in [1.29, 1.82) is 0 Å². The van der Waals surface area contributed by atoms with Crippen molar-refractivity contribution in [2.45, 2.75) is 18.9 Å². The molecule has 0 aliphatic carbocycles. The monoisotopic (exact) mass is 477 g/mol. The van der Waals surface area contributed by atoms with Crippen LogP contribution in [0.25, 0.3) is 0 Å². The molecule has 1 saturated heterocycles. The van der Waals surface area contributed by atoms with Crippen molar-refractivity contribution < 1.29 is 42.9 Å². The minimum atomic E-state index is -1.03. The van der Waals surface area contributed by atoms with Gasteiger partial charge in [0.1, 0.15) is 25.0 Å². The lowest BCUT2D eigenvalue weighted by molar-refractivity contribution is -0.136. The van der Waals surface area contributed by atoms with E-state index < -0.39 is 29.7 Å². The summed E-state index contributed by atoms with van der Waals surface area (Å²) in [6.07, 6.45) is 0.137. The van der Waals surface area contributed by atoms with Crippen LogP contribution in [0.15, 0.2) is 18.2 Å². The molecule has 34 heavy (non-hydrogen) atoms. The van der Waals surface area contributed by atoms with E-state index in [1.807, 2.05) is 0 Å². The highest BCUT2D eigenvalue weighted by Crippen LogP contribution is 2.33. The molecule has 2 aliphatic rings. The first-order valence-electron chi connectivity index (χ1n) is 10.8. The van der Waals surface area contributed by atoms with E-state index in [4.69, 9.17) is 18.9 Å². The summed E-state index contributed by atoms with van der Waals surface area (Å²) in [6.45, 7) is 1.69. The van der Waals surface area contributed by atoms with Gasteiger partial charge in [0.15, 0.2) is 0 Å². The Hall–Kier alpha value is -3.35. The lowest BCUT2D eigenvalue weighted by Crippen LogP contribution is -2.54. The van der Waals surface area contributed by atoms with Crippen molar-refractivity contribution in [2.75, 3.05) is 53.3 Å². The molecule has 2 aliphatic heterocycles. The van der Waals surface area contributed by atoms with Gasteiger partial charge in [-0.05, 0) is 18.6 Å². The molecule has 1 unspecified atom stereocenters. The number of nitrogens with one attached hydrogen (secondary N) is 2. The van der Waals surface area contributed by atoms with Crippen LogP contribution >= 0.6 is 0 Å². The van der Waals surface area contributed by atoms with Crippen LogP contribution in [-0.2, 0) is 28.6 Å². The van der Waals surface area contributed by atoms with Crippen LogP contribution in [-0.4, -0.2) is 93.8 Å². The Morgan fingerprint density at radius 3 is 2.53 bits per heavy atom. The smallest absolute Gasteiger partial charge is 0.266 e. The first kappa shape index (κ1) is 25.3. The van der Waals surface area contributed by atoms with Crippen LogP contribution in [0.5, 0.6) is 5.75 Å². The van der Waals surface area contributed by atoms with E-state index >= 15 is 0 Å². The number of imide groups is 2. The Morgan fingerprint density at radius 1 is 1.06 bits per heavy atom. The summed E-state index contributed by atoms with van der Waals surface area (Å²) >= 11 is 0. The van der Waals surface area contributed by atoms with E-state index in [2.05, 4.69) is 10.6 Å². The fourth-order valence-electron chi connectivity index (χ4n) is 3.58. The lowest BCUT2D eigenvalue weighted by Gasteiger charge is -2.27. The Bertz CT molecular complexity index is 950. The van der Waals surface area contributed by atoms with Crippen molar-refractivity contribution in [3.8, 4) is 5.75 Å². The van der Waals surface area contributed by atoms with Crippen LogP contribution in [0.1, 0.15) is 33.6 Å². The maximum absolute atomic E-state index is 13.0. The van der Waals surface area contributed by atoms with Crippen LogP contribution in [0.4, 0.5) is 0 Å². The first-order chi connectivity index (χ1) is 16.4. The molecule has 0 bridgehead atoms. The highest BCUT2D eigenvalue weighted by Gasteiger charge is 2.45. The van der Waals surface area contributed by atoms with Crippen molar-refractivity contribution in [3.63, 3.8) is 0 Å². The zero-order chi connectivity index (χ0) is 24.5. The van der Waals surface area contributed by atoms with Gasteiger partial charge < -0.3 is 24.3 Å². The van der Waals surface area contributed by atoms with Gasteiger partial charge in [0.25, 0.3) is 11.8 Å². The molecule has 2 heterocycles. The topological polar surface area (TPSA) is 150 Å². The Morgan fingerprint density at radius 2 is 1.79 bits per heavy atom. The molecular formula is C22H27N3O9. The maximum Gasteiger partial charge on any atom is 0.266 e. The van der Waals surface area contributed by atoms with E-state index in [1.165, 1.54) is 13.2 Å². The van der Waals surface area contributed by atoms with Crippen molar-refractivity contribution >= 4 is 29.5 Å². The minimum absolute atomic E-state index is 0.00242. The number of ether oxygens (including phenoxy) is 4. The molecule has 2 N–H and O–H groups in total. The molecule has 12 nitrogen and oxygen atoms in total. The normalized spacial score (nSPS) is 17.6. The number of methoxy groups -OCH3 is 1. The van der Waals surface area contributed by atoms with Crippen LogP contribution in [0, 0.1) is 0 Å². The molecule has 184 valence electrons. The summed E-state index contributed by atoms with van der Waals surface area (Å²) in [5.74, 6) is -2.31. The van der Waals surface area contributed by atoms with E-state index in [1.54, 1.807) is 12.1 Å². The summed E-state index contributed by atoms with van der Waals surface area (Å²) in [6, 6.07) is 3.63. The second-order valence-electron chi connectivity index (χ2n) is 7.48. The lowest BCUT2D eigenvalue weighted by atomic mass is 10.0. The van der Waals surface area contributed by atoms with Gasteiger partial charge in [0, 0.05) is 20.1 Å². The fourth-order valence-corrected chi connectivity index (χ4v) is 3.58. The number of carbonyl (C=O) groups excluding carboxylic acids is 5. The first-order valence-corrected chi connectivity index (χ1v) is 10.8. The van der Waals surface area contributed by atoms with Gasteiger partial charge in [-0.1, -0.05) is 6.07 Å². The summed E-state index contributed by atoms with van der Waals surface area (Å²) in [5, 5.41) is 4.79. The molecule has 12 heteroatoms. The maximum atomic E-state index is 13.0. The number of piperidine rings is 1. The molecule has 1 aromatic rings. The van der Waals surface area contributed by atoms with Crippen LogP contribution < -0.4 is 15.4 Å². The van der Waals surface area contributed by atoms with Gasteiger partial charge in [-0.15, -0.1) is 0 Å². The molecule has 0 spiro atoms. The second kappa shape index (κ2) is 12.2. The summed E-state index contributed by atoms with van der Waals surface area (Å²) in [4.78, 5) is 61.4. The molecule has 1 fully saturated rings. The van der Waals surface area contributed by atoms with E-state index in [-0.39, 0.29) is 55.4 Å². The fraction of sp³-hybridized carbons (Fsp3) is 0.500. The average molecular weight is 477 g/mol. The van der Waals surface area contributed by atoms with E-state index in [0.717, 1.165) is 4.90 Å². The molecule has 0 saturated carbocycles. The third-order valence-corrected chi connectivity index (χ3v) is 5.13. The van der Waals surface area contributed by atoms with Gasteiger partial charge in [-0.2, -0.15) is 0 Å². The Labute approximate surface area is 195 Å².